The van der Waals surface area contributed by atoms with Crippen LogP contribution in [0.2, 0.25) is 0 Å². The van der Waals surface area contributed by atoms with Crippen molar-refractivity contribution in [3.8, 4) is 0 Å². The van der Waals surface area contributed by atoms with E-state index in [1.165, 1.54) is 6.26 Å². The van der Waals surface area contributed by atoms with E-state index in [0.29, 0.717) is 0 Å². The maximum Gasteiger partial charge on any atom is 0.237 e. The van der Waals surface area contributed by atoms with Gasteiger partial charge in [-0.3, -0.25) is 4.79 Å². The van der Waals surface area contributed by atoms with Crippen molar-refractivity contribution >= 4 is 15.7 Å². The molecule has 2 rings (SSSR count). The molecule has 0 aliphatic carbocycles. The Morgan fingerprint density at radius 1 is 1.35 bits per heavy atom. The fourth-order valence-electron chi connectivity index (χ4n) is 2.31. The molecule has 2 N–H and O–H groups in total. The van der Waals surface area contributed by atoms with Crippen LogP contribution < -0.4 is 10.6 Å². The van der Waals surface area contributed by atoms with Crippen LogP contribution in [0.1, 0.15) is 31.4 Å². The Labute approximate surface area is 119 Å². The first-order chi connectivity index (χ1) is 9.38. The lowest BCUT2D eigenvalue weighted by Gasteiger charge is -2.17. The van der Waals surface area contributed by atoms with Crippen LogP contribution >= 0.6 is 0 Å². The van der Waals surface area contributed by atoms with Gasteiger partial charge in [0, 0.05) is 6.26 Å². The predicted octanol–water partition coefficient (Wildman–Crippen LogP) is 1.02. The highest BCUT2D eigenvalue weighted by molar-refractivity contribution is 7.90. The number of rotatable bonds is 4. The van der Waals surface area contributed by atoms with Gasteiger partial charge in [0.2, 0.25) is 5.91 Å². The van der Waals surface area contributed by atoms with E-state index in [2.05, 4.69) is 10.6 Å². The van der Waals surface area contributed by atoms with E-state index >= 15 is 0 Å². The third-order valence-electron chi connectivity index (χ3n) is 3.54. The second-order valence-electron chi connectivity index (χ2n) is 5.22. The first-order valence-corrected chi connectivity index (χ1v) is 8.61. The number of hydrogen-bond acceptors (Lipinski definition) is 4. The molecule has 5 nitrogen and oxygen atoms in total. The summed E-state index contributed by atoms with van der Waals surface area (Å²) in [5.74, 6) is 0.00203. The van der Waals surface area contributed by atoms with Crippen LogP contribution in [0, 0.1) is 0 Å². The van der Waals surface area contributed by atoms with Gasteiger partial charge in [-0.1, -0.05) is 12.1 Å². The largest absolute Gasteiger partial charge is 0.348 e. The van der Waals surface area contributed by atoms with Gasteiger partial charge < -0.3 is 10.6 Å². The Morgan fingerprint density at radius 3 is 2.50 bits per heavy atom. The van der Waals surface area contributed by atoms with E-state index < -0.39 is 9.84 Å². The monoisotopic (exact) mass is 296 g/mol. The highest BCUT2D eigenvalue weighted by Crippen LogP contribution is 2.17. The van der Waals surface area contributed by atoms with Gasteiger partial charge in [0.15, 0.2) is 9.84 Å². The van der Waals surface area contributed by atoms with Gasteiger partial charge in [-0.25, -0.2) is 8.42 Å². The molecule has 110 valence electrons. The van der Waals surface area contributed by atoms with Crippen molar-refractivity contribution < 1.29 is 13.2 Å². The molecular formula is C14H20N2O3S. The number of nitrogens with one attached hydrogen (secondary N) is 2. The molecule has 6 heteroatoms. The quantitative estimate of drug-likeness (QED) is 0.870. The molecule has 1 aliphatic heterocycles. The summed E-state index contributed by atoms with van der Waals surface area (Å²) in [5, 5.41) is 6.10. The summed E-state index contributed by atoms with van der Waals surface area (Å²) in [6.45, 7) is 2.78. The first kappa shape index (κ1) is 15.0. The molecule has 2 atom stereocenters. The Balaban J connectivity index is 2.02. The first-order valence-electron chi connectivity index (χ1n) is 6.72. The Kier molecular flexibility index (Phi) is 4.45. The zero-order chi connectivity index (χ0) is 14.8. The summed E-state index contributed by atoms with van der Waals surface area (Å²) in [4.78, 5) is 12.3. The standard InChI is InChI=1S/C14H20N2O3S/c1-10(16-14(17)13-4-3-9-15-13)11-5-7-12(8-6-11)20(2,18)19/h5-8,10,13,15H,3-4,9H2,1-2H3,(H,16,17). The SMILES string of the molecule is CC(NC(=O)C1CCCN1)c1ccc(S(C)(=O)=O)cc1. The zero-order valence-corrected chi connectivity index (χ0v) is 12.5. The minimum Gasteiger partial charge on any atom is -0.348 e. The van der Waals surface area contributed by atoms with Gasteiger partial charge in [0.25, 0.3) is 0 Å². The normalized spacial score (nSPS) is 20.6. The molecule has 1 aromatic rings. The summed E-state index contributed by atoms with van der Waals surface area (Å²) < 4.78 is 22.8. The molecule has 2 unspecified atom stereocenters. The van der Waals surface area contributed by atoms with Crippen LogP contribution in [0.5, 0.6) is 0 Å². The van der Waals surface area contributed by atoms with Gasteiger partial charge in [-0.05, 0) is 44.0 Å². The summed E-state index contributed by atoms with van der Waals surface area (Å²) in [5.41, 5.74) is 0.892. The van der Waals surface area contributed by atoms with Crippen molar-refractivity contribution in [2.45, 2.75) is 36.7 Å². The van der Waals surface area contributed by atoms with Crippen molar-refractivity contribution in [3.63, 3.8) is 0 Å². The summed E-state index contributed by atoms with van der Waals surface area (Å²) in [7, 11) is -3.18. The van der Waals surface area contributed by atoms with E-state index in [-0.39, 0.29) is 22.9 Å². The predicted molar refractivity (Wildman–Crippen MR) is 77.1 cm³/mol. The third kappa shape index (κ3) is 3.58. The molecule has 1 heterocycles. The van der Waals surface area contributed by atoms with Gasteiger partial charge in [-0.2, -0.15) is 0 Å². The molecule has 0 saturated carbocycles. The smallest absolute Gasteiger partial charge is 0.237 e. The van der Waals surface area contributed by atoms with Crippen LogP contribution in [-0.4, -0.2) is 33.2 Å². The van der Waals surface area contributed by atoms with Crippen LogP contribution in [-0.2, 0) is 14.6 Å². The molecular weight excluding hydrogens is 276 g/mol. The van der Waals surface area contributed by atoms with Crippen LogP contribution in [0.15, 0.2) is 29.2 Å². The average Bonchev–Trinajstić information content (AvgIpc) is 2.91. The fourth-order valence-corrected chi connectivity index (χ4v) is 2.94. The van der Waals surface area contributed by atoms with E-state index in [1.54, 1.807) is 24.3 Å². The van der Waals surface area contributed by atoms with Crippen molar-refractivity contribution in [3.05, 3.63) is 29.8 Å². The molecule has 0 bridgehead atoms. The average molecular weight is 296 g/mol. The summed E-state index contributed by atoms with van der Waals surface area (Å²) >= 11 is 0. The molecule has 1 aliphatic rings. The van der Waals surface area contributed by atoms with Gasteiger partial charge in [-0.15, -0.1) is 0 Å². The lowest BCUT2D eigenvalue weighted by Crippen LogP contribution is -2.41. The van der Waals surface area contributed by atoms with Crippen LogP contribution in [0.3, 0.4) is 0 Å². The maximum absolute atomic E-state index is 12.0. The number of hydrogen-bond donors (Lipinski definition) is 2. The highest BCUT2D eigenvalue weighted by Gasteiger charge is 2.23. The highest BCUT2D eigenvalue weighted by atomic mass is 32.2. The van der Waals surface area contributed by atoms with Crippen molar-refractivity contribution in [2.75, 3.05) is 12.8 Å². The molecule has 1 saturated heterocycles. The van der Waals surface area contributed by atoms with Crippen molar-refractivity contribution in [1.29, 1.82) is 0 Å². The van der Waals surface area contributed by atoms with E-state index in [4.69, 9.17) is 0 Å². The topological polar surface area (TPSA) is 75.3 Å². The van der Waals surface area contributed by atoms with Crippen molar-refractivity contribution in [2.24, 2.45) is 0 Å². The molecule has 0 spiro atoms. The molecule has 1 amide bonds. The molecule has 20 heavy (non-hydrogen) atoms. The third-order valence-corrected chi connectivity index (χ3v) is 4.67. The number of amides is 1. The zero-order valence-electron chi connectivity index (χ0n) is 11.7. The molecule has 1 fully saturated rings. The maximum atomic E-state index is 12.0. The lowest BCUT2D eigenvalue weighted by atomic mass is 10.1. The van der Waals surface area contributed by atoms with Gasteiger partial charge in [0.1, 0.15) is 0 Å². The Morgan fingerprint density at radius 2 is 2.00 bits per heavy atom. The second kappa shape index (κ2) is 5.93. The molecule has 0 aromatic heterocycles. The van der Waals surface area contributed by atoms with E-state index in [1.807, 2.05) is 6.92 Å². The number of benzene rings is 1. The van der Waals surface area contributed by atoms with E-state index in [0.717, 1.165) is 24.9 Å². The summed E-state index contributed by atoms with van der Waals surface area (Å²) in [6.07, 6.45) is 3.07. The number of carbonyl (C=O) groups is 1. The van der Waals surface area contributed by atoms with Crippen LogP contribution in [0.25, 0.3) is 0 Å². The molecule has 1 aromatic carbocycles. The second-order valence-corrected chi connectivity index (χ2v) is 7.24. The Hall–Kier alpha value is -1.40. The van der Waals surface area contributed by atoms with Crippen LogP contribution in [0.4, 0.5) is 0 Å². The number of carbonyl (C=O) groups excluding carboxylic acids is 1. The van der Waals surface area contributed by atoms with Gasteiger partial charge >= 0.3 is 0 Å². The molecule has 0 radical (unpaired) electrons. The number of sulfone groups is 1. The Bertz CT molecular complexity index is 575. The van der Waals surface area contributed by atoms with Crippen molar-refractivity contribution in [1.82, 2.24) is 10.6 Å². The minimum atomic E-state index is -3.18. The lowest BCUT2D eigenvalue weighted by molar-refractivity contribution is -0.123. The minimum absolute atomic E-state index is 0.00203. The summed E-state index contributed by atoms with van der Waals surface area (Å²) in [6, 6.07) is 6.38. The fraction of sp³-hybridized carbons (Fsp3) is 0.500. The van der Waals surface area contributed by atoms with E-state index in [9.17, 15) is 13.2 Å². The van der Waals surface area contributed by atoms with Gasteiger partial charge in [0.05, 0.1) is 17.0 Å².